The van der Waals surface area contributed by atoms with E-state index in [4.69, 9.17) is 0 Å². The maximum Gasteiger partial charge on any atom is 0.224 e. The number of fused-ring (bicyclic) bond motifs is 2. The molecule has 7 heteroatoms. The predicted molar refractivity (Wildman–Crippen MR) is 116 cm³/mol. The fraction of sp³-hybridized carbons (Fsp3) is 0.136. The zero-order valence-electron chi connectivity index (χ0n) is 16.1. The molecule has 0 amide bonds. The molecule has 5 rings (SSSR count). The summed E-state index contributed by atoms with van der Waals surface area (Å²) >= 11 is 0. The number of nitrogens with one attached hydrogen (secondary N) is 3. The van der Waals surface area contributed by atoms with E-state index in [1.807, 2.05) is 18.3 Å². The Balaban J connectivity index is 1.27. The number of aromatic nitrogens is 5. The summed E-state index contributed by atoms with van der Waals surface area (Å²) < 4.78 is 2.24. The SMILES string of the molecule is Cc1cc2ccccc2n1CNc1ccnc(NCc2ccc3[nH]ncc3c2)n1. The summed E-state index contributed by atoms with van der Waals surface area (Å²) in [4.78, 5) is 8.92. The minimum Gasteiger partial charge on any atom is -0.352 e. The van der Waals surface area contributed by atoms with Gasteiger partial charge in [-0.2, -0.15) is 10.1 Å². The molecule has 0 atom stereocenters. The van der Waals surface area contributed by atoms with Gasteiger partial charge in [0.1, 0.15) is 5.82 Å². The van der Waals surface area contributed by atoms with E-state index in [1.165, 1.54) is 16.6 Å². The molecule has 5 aromatic rings. The number of aryl methyl sites for hydroxylation is 1. The van der Waals surface area contributed by atoms with E-state index in [0.717, 1.165) is 22.3 Å². The second-order valence-electron chi connectivity index (χ2n) is 7.02. The molecule has 144 valence electrons. The lowest BCUT2D eigenvalue weighted by atomic mass is 10.1. The summed E-state index contributed by atoms with van der Waals surface area (Å²) in [5.74, 6) is 1.38. The second-order valence-corrected chi connectivity index (χ2v) is 7.02. The van der Waals surface area contributed by atoms with Crippen molar-refractivity contribution in [2.45, 2.75) is 20.1 Å². The molecule has 0 aliphatic rings. The van der Waals surface area contributed by atoms with E-state index < -0.39 is 0 Å². The van der Waals surface area contributed by atoms with Crippen molar-refractivity contribution in [2.75, 3.05) is 10.6 Å². The first-order chi connectivity index (χ1) is 14.3. The van der Waals surface area contributed by atoms with Gasteiger partial charge in [0, 0.05) is 29.3 Å². The largest absolute Gasteiger partial charge is 0.352 e. The van der Waals surface area contributed by atoms with E-state index in [-0.39, 0.29) is 0 Å². The fourth-order valence-electron chi connectivity index (χ4n) is 3.54. The molecule has 7 nitrogen and oxygen atoms in total. The zero-order valence-corrected chi connectivity index (χ0v) is 16.1. The summed E-state index contributed by atoms with van der Waals surface area (Å²) in [6, 6.07) is 18.7. The van der Waals surface area contributed by atoms with Crippen molar-refractivity contribution in [3.8, 4) is 0 Å². The third-order valence-electron chi connectivity index (χ3n) is 5.05. The molecule has 0 radical (unpaired) electrons. The topological polar surface area (TPSA) is 83.5 Å². The van der Waals surface area contributed by atoms with Crippen LogP contribution in [0.2, 0.25) is 0 Å². The van der Waals surface area contributed by atoms with Crippen LogP contribution in [0.1, 0.15) is 11.3 Å². The molecule has 2 aromatic carbocycles. The summed E-state index contributed by atoms with van der Waals surface area (Å²) in [6.45, 7) is 3.41. The van der Waals surface area contributed by atoms with Crippen LogP contribution in [0.4, 0.5) is 11.8 Å². The van der Waals surface area contributed by atoms with Crippen molar-refractivity contribution >= 4 is 33.6 Å². The quantitative estimate of drug-likeness (QED) is 0.407. The third kappa shape index (κ3) is 3.50. The highest BCUT2D eigenvalue weighted by atomic mass is 15.2. The number of para-hydroxylation sites is 1. The molecule has 0 spiro atoms. The highest BCUT2D eigenvalue weighted by molar-refractivity contribution is 5.81. The lowest BCUT2D eigenvalue weighted by molar-refractivity contribution is 0.777. The third-order valence-corrected chi connectivity index (χ3v) is 5.05. The molecule has 0 saturated heterocycles. The summed E-state index contributed by atoms with van der Waals surface area (Å²) in [5.41, 5.74) is 4.60. The van der Waals surface area contributed by atoms with Crippen molar-refractivity contribution in [3.63, 3.8) is 0 Å². The van der Waals surface area contributed by atoms with Crippen molar-refractivity contribution in [2.24, 2.45) is 0 Å². The average Bonchev–Trinajstić information content (AvgIpc) is 3.34. The fourth-order valence-corrected chi connectivity index (χ4v) is 3.54. The Morgan fingerprint density at radius 2 is 1.93 bits per heavy atom. The minimum absolute atomic E-state index is 0.594. The predicted octanol–water partition coefficient (Wildman–Crippen LogP) is 4.30. The number of nitrogens with zero attached hydrogens (tertiary/aromatic N) is 4. The highest BCUT2D eigenvalue weighted by Gasteiger charge is 2.06. The number of anilines is 2. The maximum atomic E-state index is 4.58. The number of aromatic amines is 1. The number of hydrogen-bond donors (Lipinski definition) is 3. The van der Waals surface area contributed by atoms with Gasteiger partial charge in [0.2, 0.25) is 5.95 Å². The van der Waals surface area contributed by atoms with Crippen LogP contribution in [-0.2, 0) is 13.2 Å². The molecule has 0 aliphatic carbocycles. The summed E-state index contributed by atoms with van der Waals surface area (Å²) in [7, 11) is 0. The van der Waals surface area contributed by atoms with Crippen LogP contribution in [-0.4, -0.2) is 24.7 Å². The average molecular weight is 383 g/mol. The van der Waals surface area contributed by atoms with Crippen molar-refractivity contribution in [3.05, 3.63) is 78.2 Å². The van der Waals surface area contributed by atoms with Gasteiger partial charge < -0.3 is 15.2 Å². The van der Waals surface area contributed by atoms with Crippen LogP contribution in [0.3, 0.4) is 0 Å². The van der Waals surface area contributed by atoms with Crippen LogP contribution in [0.5, 0.6) is 0 Å². The number of rotatable bonds is 6. The van der Waals surface area contributed by atoms with E-state index in [1.54, 1.807) is 6.20 Å². The minimum atomic E-state index is 0.594. The molecule has 0 fully saturated rings. The molecular formula is C22H21N7. The Morgan fingerprint density at radius 1 is 1.00 bits per heavy atom. The smallest absolute Gasteiger partial charge is 0.224 e. The Kier molecular flexibility index (Phi) is 4.32. The van der Waals surface area contributed by atoms with Crippen LogP contribution in [0, 0.1) is 6.92 Å². The molecule has 0 saturated carbocycles. The molecule has 3 aromatic heterocycles. The lowest BCUT2D eigenvalue weighted by Crippen LogP contribution is -2.11. The van der Waals surface area contributed by atoms with Gasteiger partial charge in [0.25, 0.3) is 0 Å². The van der Waals surface area contributed by atoms with Gasteiger partial charge in [-0.15, -0.1) is 0 Å². The summed E-state index contributed by atoms with van der Waals surface area (Å²) in [6.07, 6.45) is 3.59. The van der Waals surface area contributed by atoms with Crippen LogP contribution in [0.15, 0.2) is 67.0 Å². The standard InChI is InChI=1S/C22H21N7/c1-15-10-17-4-2-3-5-20(17)29(15)14-25-21-8-9-23-22(27-21)24-12-16-6-7-19-18(11-16)13-26-28-19/h2-11,13H,12,14H2,1H3,(H,26,28)(H2,23,24,25,27). The van der Waals surface area contributed by atoms with Crippen LogP contribution >= 0.6 is 0 Å². The normalized spacial score (nSPS) is 11.2. The Bertz CT molecular complexity index is 1280. The highest BCUT2D eigenvalue weighted by Crippen LogP contribution is 2.19. The summed E-state index contributed by atoms with van der Waals surface area (Å²) in [5, 5.41) is 16.0. The molecule has 3 N–H and O–H groups in total. The first kappa shape index (κ1) is 17.2. The monoisotopic (exact) mass is 383 g/mol. The molecule has 0 unspecified atom stereocenters. The van der Waals surface area contributed by atoms with E-state index >= 15 is 0 Å². The van der Waals surface area contributed by atoms with Crippen molar-refractivity contribution in [1.82, 2.24) is 24.7 Å². The molecule has 29 heavy (non-hydrogen) atoms. The molecule has 3 heterocycles. The van der Waals surface area contributed by atoms with Gasteiger partial charge in [0.05, 0.1) is 18.4 Å². The van der Waals surface area contributed by atoms with Crippen LogP contribution in [0.25, 0.3) is 21.8 Å². The first-order valence-electron chi connectivity index (χ1n) is 9.54. The van der Waals surface area contributed by atoms with E-state index in [0.29, 0.717) is 19.2 Å². The van der Waals surface area contributed by atoms with E-state index in [9.17, 15) is 0 Å². The van der Waals surface area contributed by atoms with Crippen molar-refractivity contribution < 1.29 is 0 Å². The van der Waals surface area contributed by atoms with Gasteiger partial charge in [-0.25, -0.2) is 4.98 Å². The number of H-pyrrole nitrogens is 1. The Labute approximate surface area is 167 Å². The van der Waals surface area contributed by atoms with Gasteiger partial charge in [0.15, 0.2) is 0 Å². The van der Waals surface area contributed by atoms with Crippen LogP contribution < -0.4 is 10.6 Å². The Hall–Kier alpha value is -3.87. The first-order valence-corrected chi connectivity index (χ1v) is 9.54. The number of benzene rings is 2. The zero-order chi connectivity index (χ0) is 19.6. The second kappa shape index (κ2) is 7.27. The maximum absolute atomic E-state index is 4.58. The van der Waals surface area contributed by atoms with Gasteiger partial charge in [-0.3, -0.25) is 5.10 Å². The van der Waals surface area contributed by atoms with Gasteiger partial charge >= 0.3 is 0 Å². The molecule has 0 bridgehead atoms. The molecular weight excluding hydrogens is 362 g/mol. The van der Waals surface area contributed by atoms with Crippen molar-refractivity contribution in [1.29, 1.82) is 0 Å². The van der Waals surface area contributed by atoms with Gasteiger partial charge in [-0.1, -0.05) is 24.3 Å². The van der Waals surface area contributed by atoms with Gasteiger partial charge in [-0.05, 0) is 48.2 Å². The lowest BCUT2D eigenvalue weighted by Gasteiger charge is -2.12. The Morgan fingerprint density at radius 3 is 2.90 bits per heavy atom. The molecule has 0 aliphatic heterocycles. The van der Waals surface area contributed by atoms with E-state index in [2.05, 4.69) is 84.8 Å². The number of hydrogen-bond acceptors (Lipinski definition) is 5.